The molecule has 5 nitrogen and oxygen atoms in total. The van der Waals surface area contributed by atoms with Crippen molar-refractivity contribution < 1.29 is 9.15 Å². The second kappa shape index (κ2) is 10.3. The highest BCUT2D eigenvalue weighted by Gasteiger charge is 2.52. The molecule has 3 heterocycles. The fourth-order valence-corrected chi connectivity index (χ4v) is 7.80. The number of hydrogen-bond donors (Lipinski definition) is 0. The van der Waals surface area contributed by atoms with Crippen molar-refractivity contribution >= 4 is 11.0 Å². The minimum atomic E-state index is -0.635. The Balaban J connectivity index is 1.28. The number of aryl methyl sites for hydroxylation is 2. The average Bonchev–Trinajstić information content (AvgIpc) is 3.74. The van der Waals surface area contributed by atoms with Crippen LogP contribution in [0.1, 0.15) is 33.4 Å². The van der Waals surface area contributed by atoms with Crippen molar-refractivity contribution in [3.63, 3.8) is 0 Å². The molecule has 10 rings (SSSR count). The predicted molar refractivity (Wildman–Crippen MR) is 193 cm³/mol. The van der Waals surface area contributed by atoms with Crippen LogP contribution >= 0.6 is 0 Å². The highest BCUT2D eigenvalue weighted by Crippen LogP contribution is 2.64. The number of aromatic nitrogens is 3. The van der Waals surface area contributed by atoms with E-state index in [0.717, 1.165) is 50.3 Å². The summed E-state index contributed by atoms with van der Waals surface area (Å²) in [6, 6.07) is 46.5. The van der Waals surface area contributed by atoms with Gasteiger partial charge in [0.1, 0.15) is 17.1 Å². The standard InChI is InChI=1S/C44H29N3O2/c1-26-14-18-28(19-15-26)41-45-42(29-20-16-27(2)17-21-29)47-43(46-41)32-9-7-12-36-40(32)49-38-13-6-5-11-34(38)44(36)33-10-4-3-8-30(33)39-31-24-25-48-37(31)23-22-35(39)44/h3-25H,1-2H3. The van der Waals surface area contributed by atoms with Gasteiger partial charge in [-0.1, -0.05) is 120 Å². The van der Waals surface area contributed by atoms with Crippen LogP contribution < -0.4 is 4.74 Å². The molecule has 1 unspecified atom stereocenters. The Bertz CT molecular complexity index is 2540. The van der Waals surface area contributed by atoms with Crippen molar-refractivity contribution in [3.05, 3.63) is 173 Å². The second-order valence-electron chi connectivity index (χ2n) is 12.9. The van der Waals surface area contributed by atoms with Crippen LogP contribution in [0.25, 0.3) is 56.3 Å². The first-order chi connectivity index (χ1) is 24.1. The Kier molecular flexibility index (Phi) is 5.85. The van der Waals surface area contributed by atoms with Gasteiger partial charge in [-0.15, -0.1) is 0 Å². The van der Waals surface area contributed by atoms with Crippen molar-refractivity contribution in [3.8, 4) is 56.8 Å². The lowest BCUT2D eigenvalue weighted by atomic mass is 9.65. The molecule has 49 heavy (non-hydrogen) atoms. The summed E-state index contributed by atoms with van der Waals surface area (Å²) in [6.45, 7) is 4.16. The molecule has 5 heteroatoms. The van der Waals surface area contributed by atoms with Crippen molar-refractivity contribution in [2.24, 2.45) is 0 Å². The van der Waals surface area contributed by atoms with Gasteiger partial charge in [-0.2, -0.15) is 0 Å². The maximum absolute atomic E-state index is 6.96. The highest BCUT2D eigenvalue weighted by atomic mass is 16.5. The molecule has 6 aromatic carbocycles. The van der Waals surface area contributed by atoms with E-state index in [9.17, 15) is 0 Å². The summed E-state index contributed by atoms with van der Waals surface area (Å²) in [7, 11) is 0. The monoisotopic (exact) mass is 631 g/mol. The maximum atomic E-state index is 6.96. The van der Waals surface area contributed by atoms with E-state index in [-0.39, 0.29) is 0 Å². The SMILES string of the molecule is Cc1ccc(-c2nc(-c3ccc(C)cc3)nc(-c3cccc4c3Oc3ccccc3C43c4ccccc4-c4c3ccc3occc43)n2)cc1. The third-order valence-electron chi connectivity index (χ3n) is 10.1. The van der Waals surface area contributed by atoms with E-state index < -0.39 is 5.41 Å². The first-order valence-electron chi connectivity index (χ1n) is 16.5. The summed E-state index contributed by atoms with van der Waals surface area (Å²) < 4.78 is 12.9. The highest BCUT2D eigenvalue weighted by molar-refractivity contribution is 6.03. The molecule has 2 aliphatic rings. The minimum absolute atomic E-state index is 0.560. The summed E-state index contributed by atoms with van der Waals surface area (Å²) in [6.07, 6.45) is 1.78. The predicted octanol–water partition coefficient (Wildman–Crippen LogP) is 10.7. The van der Waals surface area contributed by atoms with E-state index in [2.05, 4.69) is 141 Å². The molecule has 1 spiro atoms. The largest absolute Gasteiger partial charge is 0.464 e. The molecule has 1 aliphatic heterocycles. The molecule has 232 valence electrons. The number of furan rings is 1. The van der Waals surface area contributed by atoms with Gasteiger partial charge in [0.05, 0.1) is 17.2 Å². The van der Waals surface area contributed by atoms with Gasteiger partial charge in [-0.05, 0) is 60.4 Å². The molecule has 0 amide bonds. The second-order valence-corrected chi connectivity index (χ2v) is 12.9. The van der Waals surface area contributed by atoms with Crippen molar-refractivity contribution in [2.45, 2.75) is 19.3 Å². The molecule has 0 saturated heterocycles. The average molecular weight is 632 g/mol. The number of para-hydroxylation sites is 2. The number of rotatable bonds is 3. The lowest BCUT2D eigenvalue weighted by Gasteiger charge is -2.39. The van der Waals surface area contributed by atoms with Gasteiger partial charge in [-0.25, -0.2) is 15.0 Å². The molecular weight excluding hydrogens is 603 g/mol. The summed E-state index contributed by atoms with van der Waals surface area (Å²) in [5.74, 6) is 3.34. The van der Waals surface area contributed by atoms with Crippen LogP contribution in [0.4, 0.5) is 0 Å². The van der Waals surface area contributed by atoms with E-state index in [1.165, 1.54) is 33.4 Å². The first kappa shape index (κ1) is 27.8. The van der Waals surface area contributed by atoms with Crippen molar-refractivity contribution in [2.75, 3.05) is 0 Å². The van der Waals surface area contributed by atoms with Crippen LogP contribution in [0.5, 0.6) is 11.5 Å². The first-order valence-corrected chi connectivity index (χ1v) is 16.5. The zero-order valence-corrected chi connectivity index (χ0v) is 26.9. The van der Waals surface area contributed by atoms with Crippen molar-refractivity contribution in [1.82, 2.24) is 15.0 Å². The Hall–Kier alpha value is -6.33. The van der Waals surface area contributed by atoms with Crippen LogP contribution in [0, 0.1) is 13.8 Å². The van der Waals surface area contributed by atoms with E-state index in [4.69, 9.17) is 24.1 Å². The summed E-state index contributed by atoms with van der Waals surface area (Å²) in [5.41, 5.74) is 12.2. The minimum Gasteiger partial charge on any atom is -0.464 e. The van der Waals surface area contributed by atoms with Crippen molar-refractivity contribution in [1.29, 1.82) is 0 Å². The molecule has 0 saturated carbocycles. The molecule has 0 N–H and O–H groups in total. The Labute approximate surface area is 283 Å². The fourth-order valence-electron chi connectivity index (χ4n) is 7.80. The zero-order valence-electron chi connectivity index (χ0n) is 26.9. The van der Waals surface area contributed by atoms with Gasteiger partial charge in [0.2, 0.25) is 0 Å². The number of nitrogens with zero attached hydrogens (tertiary/aromatic N) is 3. The van der Waals surface area contributed by atoms with E-state index >= 15 is 0 Å². The van der Waals surface area contributed by atoms with Gasteiger partial charge in [0.25, 0.3) is 0 Å². The molecular formula is C44H29N3O2. The molecule has 1 atom stereocenters. The third-order valence-corrected chi connectivity index (χ3v) is 10.1. The molecule has 0 radical (unpaired) electrons. The van der Waals surface area contributed by atoms with Gasteiger partial charge in [0.15, 0.2) is 17.5 Å². The van der Waals surface area contributed by atoms with E-state index in [0.29, 0.717) is 17.5 Å². The number of benzene rings is 6. The smallest absolute Gasteiger partial charge is 0.167 e. The van der Waals surface area contributed by atoms with Gasteiger partial charge < -0.3 is 9.15 Å². The Morgan fingerprint density at radius 3 is 1.84 bits per heavy atom. The van der Waals surface area contributed by atoms with E-state index in [1.807, 2.05) is 6.07 Å². The fraction of sp³-hybridized carbons (Fsp3) is 0.0682. The topological polar surface area (TPSA) is 61.0 Å². The molecule has 0 bridgehead atoms. The lowest BCUT2D eigenvalue weighted by Crippen LogP contribution is -2.32. The van der Waals surface area contributed by atoms with Crippen LogP contribution in [-0.2, 0) is 5.41 Å². The number of ether oxygens (including phenoxy) is 1. The Morgan fingerprint density at radius 2 is 1.10 bits per heavy atom. The molecule has 0 fully saturated rings. The van der Waals surface area contributed by atoms with E-state index in [1.54, 1.807) is 6.26 Å². The third kappa shape index (κ3) is 3.96. The molecule has 8 aromatic rings. The van der Waals surface area contributed by atoms with Gasteiger partial charge >= 0.3 is 0 Å². The van der Waals surface area contributed by atoms with Crippen LogP contribution in [0.15, 0.2) is 144 Å². The van der Waals surface area contributed by atoms with Crippen LogP contribution in [-0.4, -0.2) is 15.0 Å². The van der Waals surface area contributed by atoms with Gasteiger partial charge in [0, 0.05) is 27.6 Å². The van der Waals surface area contributed by atoms with Crippen LogP contribution in [0.2, 0.25) is 0 Å². The summed E-state index contributed by atoms with van der Waals surface area (Å²) in [4.78, 5) is 15.3. The Morgan fingerprint density at radius 1 is 0.490 bits per heavy atom. The number of hydrogen-bond acceptors (Lipinski definition) is 5. The summed E-state index contributed by atoms with van der Waals surface area (Å²) >= 11 is 0. The lowest BCUT2D eigenvalue weighted by molar-refractivity contribution is 0.437. The van der Waals surface area contributed by atoms with Gasteiger partial charge in [-0.3, -0.25) is 0 Å². The summed E-state index contributed by atoms with van der Waals surface area (Å²) in [5, 5.41) is 1.10. The number of fused-ring (bicyclic) bond motifs is 11. The van der Waals surface area contributed by atoms with Crippen LogP contribution in [0.3, 0.4) is 0 Å². The normalized spacial score (nSPS) is 15.4. The molecule has 1 aliphatic carbocycles. The quantitative estimate of drug-likeness (QED) is 0.194. The zero-order chi connectivity index (χ0) is 32.7. The maximum Gasteiger partial charge on any atom is 0.167 e. The molecule has 2 aromatic heterocycles.